The summed E-state index contributed by atoms with van der Waals surface area (Å²) in [7, 11) is 0. The van der Waals surface area contributed by atoms with E-state index in [1.807, 2.05) is 0 Å². The Bertz CT molecular complexity index is 1370. The Morgan fingerprint density at radius 3 is 0.623 bits per heavy atom. The van der Waals surface area contributed by atoms with Gasteiger partial charge in [-0.1, -0.05) is 0 Å². The van der Waals surface area contributed by atoms with Crippen molar-refractivity contribution in [1.29, 1.82) is 0 Å². The molecule has 0 spiro atoms. The van der Waals surface area contributed by atoms with Crippen molar-refractivity contribution >= 4 is 0 Å². The third-order valence-electron chi connectivity index (χ3n) is 7.44. The first-order valence-corrected chi connectivity index (χ1v) is 15.3. The summed E-state index contributed by atoms with van der Waals surface area (Å²) in [5.74, 6) is -121. The van der Waals surface area contributed by atoms with Gasteiger partial charge in [-0.15, -0.1) is 0 Å². The van der Waals surface area contributed by atoms with Crippen molar-refractivity contribution in [1.82, 2.24) is 0 Å². The van der Waals surface area contributed by atoms with E-state index >= 15 is 0 Å². The summed E-state index contributed by atoms with van der Waals surface area (Å²) < 4.78 is 419. The molecular formula is C26H25F29O6. The molecule has 0 aliphatic rings. The molecule has 0 atom stereocenters. The van der Waals surface area contributed by atoms with E-state index in [4.69, 9.17) is 24.1 Å². The minimum absolute atomic E-state index is 0.000587. The number of ether oxygens (including phenoxy) is 5. The Labute approximate surface area is 319 Å². The first kappa shape index (κ1) is 58.7. The van der Waals surface area contributed by atoms with Gasteiger partial charge in [0.15, 0.2) is 0 Å². The van der Waals surface area contributed by atoms with Crippen LogP contribution in [0.1, 0.15) is 6.42 Å². The molecule has 1 N–H and O–H groups in total. The highest BCUT2D eigenvalue weighted by Crippen LogP contribution is 2.69. The van der Waals surface area contributed by atoms with Crippen molar-refractivity contribution in [2.45, 2.75) is 89.6 Å². The lowest BCUT2D eigenvalue weighted by molar-refractivity contribution is -0.487. The largest absolute Gasteiger partial charge is 0.460 e. The molecule has 0 saturated heterocycles. The molecule has 0 rings (SSSR count). The zero-order valence-electron chi connectivity index (χ0n) is 28.9. The van der Waals surface area contributed by atoms with Crippen molar-refractivity contribution in [2.75, 3.05) is 72.7 Å². The molecule has 0 aromatic carbocycles. The fourth-order valence-electron chi connectivity index (χ4n) is 3.78. The smallest absolute Gasteiger partial charge is 0.394 e. The Balaban J connectivity index is 6.20. The van der Waals surface area contributed by atoms with Crippen LogP contribution in [0.25, 0.3) is 0 Å². The minimum Gasteiger partial charge on any atom is -0.394 e. The lowest BCUT2D eigenvalue weighted by Crippen LogP contribution is -2.79. The zero-order chi connectivity index (χ0) is 49.0. The molecule has 0 fully saturated rings. The highest BCUT2D eigenvalue weighted by molar-refractivity contribution is 5.21. The van der Waals surface area contributed by atoms with Crippen molar-refractivity contribution in [3.05, 3.63) is 0 Å². The van der Waals surface area contributed by atoms with Gasteiger partial charge >= 0.3 is 83.2 Å². The maximum Gasteiger partial charge on any atom is 0.460 e. The first-order chi connectivity index (χ1) is 26.8. The topological polar surface area (TPSA) is 66.4 Å². The third kappa shape index (κ3) is 10.0. The summed E-state index contributed by atoms with van der Waals surface area (Å²) in [5, 5.41) is 8.48. The van der Waals surface area contributed by atoms with E-state index in [1.54, 1.807) is 0 Å². The molecule has 0 aliphatic heterocycles. The molecule has 0 radical (unpaired) electrons. The van der Waals surface area contributed by atoms with E-state index in [1.165, 1.54) is 0 Å². The quantitative estimate of drug-likeness (QED) is 0.0596. The Hall–Kier alpha value is -2.27. The van der Waals surface area contributed by atoms with E-state index in [-0.39, 0.29) is 52.9 Å². The number of alkyl halides is 29. The molecule has 368 valence electrons. The number of aliphatic hydroxyl groups is 1. The number of rotatable bonds is 29. The van der Waals surface area contributed by atoms with E-state index in [0.717, 1.165) is 0 Å². The van der Waals surface area contributed by atoms with Gasteiger partial charge in [0.1, 0.15) is 0 Å². The maximum absolute atomic E-state index is 14.1. The summed E-state index contributed by atoms with van der Waals surface area (Å²) in [6.07, 6.45) is -11.4. The van der Waals surface area contributed by atoms with Crippen LogP contribution in [-0.4, -0.2) is 161 Å². The van der Waals surface area contributed by atoms with Crippen molar-refractivity contribution in [2.24, 2.45) is 0 Å². The molecule has 0 aromatic heterocycles. The highest BCUT2D eigenvalue weighted by Gasteiger charge is 3.00. The predicted octanol–water partition coefficient (Wildman–Crippen LogP) is 9.27. The van der Waals surface area contributed by atoms with E-state index in [0.29, 0.717) is 0 Å². The second kappa shape index (κ2) is 19.1. The van der Waals surface area contributed by atoms with Gasteiger partial charge in [0, 0.05) is 6.42 Å². The molecule has 0 amide bonds. The van der Waals surface area contributed by atoms with Crippen LogP contribution in [0.5, 0.6) is 0 Å². The number of aliphatic hydroxyl groups excluding tert-OH is 1. The maximum atomic E-state index is 14.1. The Morgan fingerprint density at radius 1 is 0.230 bits per heavy atom. The Morgan fingerprint density at radius 2 is 0.410 bits per heavy atom. The molecule has 0 aromatic rings. The molecule has 0 unspecified atom stereocenters. The Kier molecular flexibility index (Phi) is 18.4. The van der Waals surface area contributed by atoms with Crippen LogP contribution in [0, 0.1) is 0 Å². The van der Waals surface area contributed by atoms with Gasteiger partial charge in [0.05, 0.1) is 72.7 Å². The van der Waals surface area contributed by atoms with Crippen LogP contribution in [0.4, 0.5) is 127 Å². The number of hydrogen-bond donors (Lipinski definition) is 1. The fourth-order valence-corrected chi connectivity index (χ4v) is 3.78. The summed E-state index contributed by atoms with van der Waals surface area (Å²) >= 11 is 0. The van der Waals surface area contributed by atoms with Crippen LogP contribution in [-0.2, 0) is 23.7 Å². The average molecular weight is 984 g/mol. The van der Waals surface area contributed by atoms with Crippen LogP contribution >= 0.6 is 0 Å². The van der Waals surface area contributed by atoms with Crippen molar-refractivity contribution in [3.8, 4) is 0 Å². The van der Waals surface area contributed by atoms with Crippen LogP contribution in [0.2, 0.25) is 0 Å². The SMILES string of the molecule is OCCOCCOCCOCCOCCOCCC(F)(F)C(F)(F)C(F)(F)C(F)(F)C(F)(F)C(F)(F)C(F)(F)C(F)(F)C(F)(F)C(F)(F)C(F)(F)C(F)(F)C(F)(F)C(F)(F)F. The van der Waals surface area contributed by atoms with Gasteiger partial charge in [0.25, 0.3) is 0 Å². The van der Waals surface area contributed by atoms with Gasteiger partial charge < -0.3 is 28.8 Å². The van der Waals surface area contributed by atoms with Crippen LogP contribution < -0.4 is 0 Å². The molecule has 0 aliphatic carbocycles. The average Bonchev–Trinajstić information content (AvgIpc) is 3.09. The summed E-state index contributed by atoms with van der Waals surface area (Å²) in [5.41, 5.74) is 0. The zero-order valence-corrected chi connectivity index (χ0v) is 28.9. The molecule has 0 heterocycles. The van der Waals surface area contributed by atoms with Gasteiger partial charge in [-0.3, -0.25) is 0 Å². The van der Waals surface area contributed by atoms with Gasteiger partial charge in [-0.25, -0.2) is 0 Å². The molecule has 35 heteroatoms. The van der Waals surface area contributed by atoms with E-state index in [9.17, 15) is 127 Å². The molecule has 61 heavy (non-hydrogen) atoms. The molecule has 0 saturated carbocycles. The van der Waals surface area contributed by atoms with Gasteiger partial charge in [0.2, 0.25) is 0 Å². The molecule has 0 bridgehead atoms. The number of hydrogen-bond acceptors (Lipinski definition) is 6. The summed E-state index contributed by atoms with van der Waals surface area (Å²) in [6.45, 7) is -4.44. The monoisotopic (exact) mass is 984 g/mol. The van der Waals surface area contributed by atoms with Gasteiger partial charge in [-0.2, -0.15) is 127 Å². The highest BCUT2D eigenvalue weighted by atomic mass is 19.4. The van der Waals surface area contributed by atoms with Crippen LogP contribution in [0.15, 0.2) is 0 Å². The molecule has 6 nitrogen and oxygen atoms in total. The van der Waals surface area contributed by atoms with E-state index in [2.05, 4.69) is 4.74 Å². The van der Waals surface area contributed by atoms with Gasteiger partial charge in [-0.05, 0) is 0 Å². The second-order valence-electron chi connectivity index (χ2n) is 11.6. The van der Waals surface area contributed by atoms with Crippen molar-refractivity contribution in [3.63, 3.8) is 0 Å². The number of halogens is 29. The third-order valence-corrected chi connectivity index (χ3v) is 7.44. The van der Waals surface area contributed by atoms with E-state index < -0.39 is 109 Å². The van der Waals surface area contributed by atoms with Crippen molar-refractivity contribution < 1.29 is 156 Å². The molecular weight excluding hydrogens is 959 g/mol. The minimum atomic E-state index is -9.96. The lowest BCUT2D eigenvalue weighted by atomic mass is 9.83. The summed E-state index contributed by atoms with van der Waals surface area (Å²) in [6, 6.07) is 0. The normalized spacial score (nSPS) is 15.8. The summed E-state index contributed by atoms with van der Waals surface area (Å²) in [4.78, 5) is 0. The standard InChI is InChI=1S/C26H25F29O6/c27-13(28,1-3-57-5-7-59-9-11-61-12-10-60-8-6-58-4-2-56)14(29,30)15(31,32)16(33,34)17(35,36)18(37,38)19(39,40)20(41,42)21(43,44)22(45,46)23(47,48)24(49,50)25(51,52)26(53,54)55/h56H,1-12H2. The first-order valence-electron chi connectivity index (χ1n) is 15.3. The fraction of sp³-hybridized carbons (Fsp3) is 1.00. The predicted molar refractivity (Wildman–Crippen MR) is 136 cm³/mol. The second-order valence-corrected chi connectivity index (χ2v) is 11.6. The lowest BCUT2D eigenvalue weighted by Gasteiger charge is -2.46. The van der Waals surface area contributed by atoms with Crippen LogP contribution in [0.3, 0.4) is 0 Å².